The number of nitroso groups, excluding NO2 is 1. The monoisotopic (exact) mass is 186 g/mol. The molecule has 0 aromatic rings. The van der Waals surface area contributed by atoms with E-state index in [0.717, 1.165) is 0 Å². The van der Waals surface area contributed by atoms with Crippen LogP contribution >= 0.6 is 0 Å². The molecule has 0 saturated heterocycles. The lowest BCUT2D eigenvalue weighted by Crippen LogP contribution is -2.21. The quantitative estimate of drug-likeness (QED) is 0.168. The smallest absolute Gasteiger partial charge is 0.263 e. The second kappa shape index (κ2) is 6.26. The zero-order chi connectivity index (χ0) is 10.1. The van der Waals surface area contributed by atoms with Gasteiger partial charge < -0.3 is 17.2 Å². The van der Waals surface area contributed by atoms with Crippen molar-refractivity contribution < 1.29 is 0 Å². The van der Waals surface area contributed by atoms with Gasteiger partial charge in [0.2, 0.25) is 5.96 Å². The molecule has 0 spiro atoms. The maximum absolute atomic E-state index is 9.40. The Morgan fingerprint density at radius 1 is 0.923 bits per heavy atom. The van der Waals surface area contributed by atoms with Crippen LogP contribution in [0, 0.1) is 4.91 Å². The molecule has 0 aromatic carbocycles. The SMILES string of the molecule is NC(N)=N/N=N/N=C(N)\N=N\N=O. The van der Waals surface area contributed by atoms with Gasteiger partial charge in [-0.15, -0.1) is 4.91 Å². The van der Waals surface area contributed by atoms with Crippen LogP contribution in [-0.2, 0) is 0 Å². The van der Waals surface area contributed by atoms with Gasteiger partial charge in [-0.05, 0) is 15.7 Å². The molecule has 0 aromatic heterocycles. The van der Waals surface area contributed by atoms with Gasteiger partial charge in [-0.2, -0.15) is 0 Å². The van der Waals surface area contributed by atoms with Crippen LogP contribution in [-0.4, -0.2) is 11.9 Å². The molecule has 0 bridgehead atoms. The van der Waals surface area contributed by atoms with Crippen molar-refractivity contribution >= 4 is 11.9 Å². The predicted octanol–water partition coefficient (Wildman–Crippen LogP) is -1.01. The third kappa shape index (κ3) is 7.44. The topological polar surface area (TPSA) is 182 Å². The molecular weight excluding hydrogens is 180 g/mol. The Morgan fingerprint density at radius 3 is 2.08 bits per heavy atom. The fourth-order valence-corrected chi connectivity index (χ4v) is 0.222. The first-order chi connectivity index (χ1) is 6.16. The zero-order valence-electron chi connectivity index (χ0n) is 6.27. The third-order valence-electron chi connectivity index (χ3n) is 0.531. The Kier molecular flexibility index (Phi) is 5.08. The van der Waals surface area contributed by atoms with Gasteiger partial charge in [0, 0.05) is 0 Å². The van der Waals surface area contributed by atoms with Crippen LogP contribution in [0.15, 0.2) is 36.3 Å². The van der Waals surface area contributed by atoms with E-state index in [0.29, 0.717) is 0 Å². The largest absolute Gasteiger partial charge is 0.368 e. The summed E-state index contributed by atoms with van der Waals surface area (Å²) < 4.78 is 0. The number of nitrogens with two attached hydrogens (primary N) is 3. The van der Waals surface area contributed by atoms with Gasteiger partial charge in [0.05, 0.1) is 0 Å². The lowest BCUT2D eigenvalue weighted by atomic mass is 11.1. The molecule has 11 heteroatoms. The minimum absolute atomic E-state index is 0.284. The molecule has 0 unspecified atom stereocenters. The van der Waals surface area contributed by atoms with E-state index in [4.69, 9.17) is 17.2 Å². The van der Waals surface area contributed by atoms with E-state index in [2.05, 4.69) is 31.0 Å². The number of guanidine groups is 2. The standard InChI is InChI=1S/C2H6N10O/c3-1(4)6-9-10-7-2(5)8-11-12-13/h(H2,5,7,9)(H4,3,4,6,10)/b11-8+. The number of nitrogens with zero attached hydrogens (tertiary/aromatic N) is 7. The van der Waals surface area contributed by atoms with Crippen LogP contribution in [0.3, 0.4) is 0 Å². The van der Waals surface area contributed by atoms with Crippen molar-refractivity contribution in [3.63, 3.8) is 0 Å². The van der Waals surface area contributed by atoms with Gasteiger partial charge in [0.25, 0.3) is 5.96 Å². The molecule has 0 aliphatic rings. The van der Waals surface area contributed by atoms with E-state index in [9.17, 15) is 4.91 Å². The van der Waals surface area contributed by atoms with E-state index in [1.807, 2.05) is 5.29 Å². The Labute approximate surface area is 71.4 Å². The molecule has 11 nitrogen and oxygen atoms in total. The first-order valence-corrected chi connectivity index (χ1v) is 2.72. The van der Waals surface area contributed by atoms with Crippen LogP contribution < -0.4 is 17.2 Å². The van der Waals surface area contributed by atoms with Crippen LogP contribution in [0.5, 0.6) is 0 Å². The van der Waals surface area contributed by atoms with Gasteiger partial charge in [-0.25, -0.2) is 0 Å². The number of hydrogen-bond donors (Lipinski definition) is 3. The molecule has 0 atom stereocenters. The average Bonchev–Trinajstić information content (AvgIpc) is 2.08. The number of hydrogen-bond acceptors (Lipinski definition) is 3. The molecular formula is C2H6N10O. The minimum atomic E-state index is -0.408. The van der Waals surface area contributed by atoms with Gasteiger partial charge >= 0.3 is 0 Å². The molecule has 0 rings (SSSR count). The molecule has 13 heavy (non-hydrogen) atoms. The Bertz CT molecular complexity index is 269. The second-order valence-electron chi connectivity index (χ2n) is 1.43. The van der Waals surface area contributed by atoms with E-state index in [1.165, 1.54) is 0 Å². The molecule has 0 fully saturated rings. The normalized spacial score (nSPS) is 12.2. The van der Waals surface area contributed by atoms with E-state index < -0.39 is 5.96 Å². The summed E-state index contributed by atoms with van der Waals surface area (Å²) in [4.78, 5) is 9.40. The summed E-state index contributed by atoms with van der Waals surface area (Å²) in [5.74, 6) is -0.692. The molecule has 0 aliphatic heterocycles. The Hall–Kier alpha value is -2.46. The lowest BCUT2D eigenvalue weighted by Gasteiger charge is -1.81. The fourth-order valence-electron chi connectivity index (χ4n) is 0.222. The van der Waals surface area contributed by atoms with Crippen molar-refractivity contribution in [2.24, 2.45) is 53.5 Å². The van der Waals surface area contributed by atoms with Crippen molar-refractivity contribution in [1.82, 2.24) is 0 Å². The predicted molar refractivity (Wildman–Crippen MR) is 42.9 cm³/mol. The summed E-state index contributed by atoms with van der Waals surface area (Å²) in [5, 5.41) is 19.9. The summed E-state index contributed by atoms with van der Waals surface area (Å²) in [6, 6.07) is 0. The fraction of sp³-hybridized carbons (Fsp3) is 0. The first kappa shape index (κ1) is 10.5. The molecule has 70 valence electrons. The highest BCUT2D eigenvalue weighted by Gasteiger charge is 1.83. The highest BCUT2D eigenvalue weighted by atomic mass is 16.3. The van der Waals surface area contributed by atoms with E-state index >= 15 is 0 Å². The molecule has 0 saturated carbocycles. The van der Waals surface area contributed by atoms with Crippen molar-refractivity contribution in [1.29, 1.82) is 0 Å². The highest BCUT2D eigenvalue weighted by Crippen LogP contribution is 1.81. The van der Waals surface area contributed by atoms with Crippen LogP contribution in [0.1, 0.15) is 0 Å². The van der Waals surface area contributed by atoms with Gasteiger partial charge in [0.1, 0.15) is 5.29 Å². The Balaban J connectivity index is 4.10. The number of rotatable bonds is 3. The molecule has 0 heterocycles. The summed E-state index contributed by atoms with van der Waals surface area (Å²) in [6.07, 6.45) is 0. The zero-order valence-corrected chi connectivity index (χ0v) is 6.27. The first-order valence-electron chi connectivity index (χ1n) is 2.72. The van der Waals surface area contributed by atoms with Crippen molar-refractivity contribution in [2.75, 3.05) is 0 Å². The van der Waals surface area contributed by atoms with Crippen molar-refractivity contribution in [2.45, 2.75) is 0 Å². The van der Waals surface area contributed by atoms with Gasteiger partial charge in [-0.3, -0.25) is 0 Å². The summed E-state index contributed by atoms with van der Waals surface area (Å²) >= 11 is 0. The highest BCUT2D eigenvalue weighted by molar-refractivity contribution is 5.77. The molecule has 0 aliphatic carbocycles. The minimum Gasteiger partial charge on any atom is -0.368 e. The average molecular weight is 186 g/mol. The van der Waals surface area contributed by atoms with Crippen molar-refractivity contribution in [3.8, 4) is 0 Å². The maximum atomic E-state index is 9.40. The third-order valence-corrected chi connectivity index (χ3v) is 0.531. The maximum Gasteiger partial charge on any atom is 0.263 e. The summed E-state index contributed by atoms with van der Waals surface area (Å²) in [5.41, 5.74) is 14.8. The molecule has 0 amide bonds. The van der Waals surface area contributed by atoms with E-state index in [-0.39, 0.29) is 5.96 Å². The molecule has 0 radical (unpaired) electrons. The van der Waals surface area contributed by atoms with Crippen LogP contribution in [0.4, 0.5) is 0 Å². The summed E-state index contributed by atoms with van der Waals surface area (Å²) in [7, 11) is 0. The van der Waals surface area contributed by atoms with Gasteiger partial charge in [0.15, 0.2) is 0 Å². The Morgan fingerprint density at radius 2 is 1.54 bits per heavy atom. The van der Waals surface area contributed by atoms with Crippen molar-refractivity contribution in [3.05, 3.63) is 4.91 Å². The lowest BCUT2D eigenvalue weighted by molar-refractivity contribution is 0.936. The summed E-state index contributed by atoms with van der Waals surface area (Å²) in [6.45, 7) is 0. The second-order valence-corrected chi connectivity index (χ2v) is 1.43. The van der Waals surface area contributed by atoms with E-state index in [1.54, 1.807) is 0 Å². The van der Waals surface area contributed by atoms with Crippen LogP contribution in [0.25, 0.3) is 0 Å². The van der Waals surface area contributed by atoms with Gasteiger partial charge in [-0.1, -0.05) is 15.3 Å². The molecule has 6 N–H and O–H groups in total. The van der Waals surface area contributed by atoms with Crippen LogP contribution in [0.2, 0.25) is 0 Å².